The number of hydrogen-bond acceptors (Lipinski definition) is 3. The first-order valence-corrected chi connectivity index (χ1v) is 7.37. The molecule has 1 aromatic heterocycles. The second kappa shape index (κ2) is 6.92. The van der Waals surface area contributed by atoms with Crippen molar-refractivity contribution >= 4 is 21.9 Å². The highest BCUT2D eigenvalue weighted by atomic mass is 79.9. The predicted octanol–water partition coefficient (Wildman–Crippen LogP) is 3.40. The van der Waals surface area contributed by atoms with Gasteiger partial charge in [0.2, 0.25) is 0 Å². The van der Waals surface area contributed by atoms with Crippen molar-refractivity contribution in [3.63, 3.8) is 0 Å². The summed E-state index contributed by atoms with van der Waals surface area (Å²) >= 11 is 3.40. The summed E-state index contributed by atoms with van der Waals surface area (Å²) in [6.07, 6.45) is 4.93. The average molecular weight is 317 g/mol. The fourth-order valence-corrected chi connectivity index (χ4v) is 1.94. The van der Waals surface area contributed by atoms with Gasteiger partial charge in [0, 0.05) is 18.1 Å². The van der Waals surface area contributed by atoms with Gasteiger partial charge in [-0.25, -0.2) is 4.79 Å². The molecule has 0 saturated carbocycles. The normalized spacial score (nSPS) is 11.6. The van der Waals surface area contributed by atoms with E-state index in [1.54, 1.807) is 16.9 Å². The van der Waals surface area contributed by atoms with E-state index < -0.39 is 5.60 Å². The van der Waals surface area contributed by atoms with Crippen LogP contribution < -0.4 is 0 Å². The molecule has 0 aliphatic rings. The summed E-state index contributed by atoms with van der Waals surface area (Å²) in [5.74, 6) is -0.305. The maximum atomic E-state index is 11.9. The lowest BCUT2D eigenvalue weighted by Gasteiger charge is -2.19. The van der Waals surface area contributed by atoms with Gasteiger partial charge in [0.15, 0.2) is 0 Å². The number of rotatable bonds is 6. The van der Waals surface area contributed by atoms with Crippen LogP contribution in [0.4, 0.5) is 0 Å². The fourth-order valence-electron chi connectivity index (χ4n) is 1.55. The zero-order chi connectivity index (χ0) is 13.6. The lowest BCUT2D eigenvalue weighted by atomic mass is 10.2. The van der Waals surface area contributed by atoms with Gasteiger partial charge in [-0.2, -0.15) is 5.10 Å². The van der Waals surface area contributed by atoms with Crippen LogP contribution in [0.1, 0.15) is 50.5 Å². The monoisotopic (exact) mass is 316 g/mol. The molecule has 5 heteroatoms. The largest absolute Gasteiger partial charge is 0.455 e. The molecule has 1 rings (SSSR count). The molecule has 0 aromatic carbocycles. The molecule has 0 fully saturated rings. The van der Waals surface area contributed by atoms with E-state index in [2.05, 4.69) is 21.0 Å². The minimum absolute atomic E-state index is 0.305. The minimum atomic E-state index is -0.470. The molecular weight excluding hydrogens is 296 g/mol. The van der Waals surface area contributed by atoms with Crippen molar-refractivity contribution in [2.75, 3.05) is 5.33 Å². The van der Waals surface area contributed by atoms with Crippen molar-refractivity contribution in [3.05, 3.63) is 18.0 Å². The van der Waals surface area contributed by atoms with Crippen molar-refractivity contribution in [1.82, 2.24) is 9.78 Å². The number of aromatic nitrogens is 2. The van der Waals surface area contributed by atoms with Crippen molar-refractivity contribution in [1.29, 1.82) is 0 Å². The Kier molecular flexibility index (Phi) is 5.85. The highest BCUT2D eigenvalue weighted by Crippen LogP contribution is 2.12. The summed E-state index contributed by atoms with van der Waals surface area (Å²) in [7, 11) is 0. The van der Waals surface area contributed by atoms with Crippen LogP contribution >= 0.6 is 15.9 Å². The second-order valence-electron chi connectivity index (χ2n) is 5.19. The highest BCUT2D eigenvalue weighted by Gasteiger charge is 2.20. The Balaban J connectivity index is 2.56. The van der Waals surface area contributed by atoms with Crippen LogP contribution in [0.5, 0.6) is 0 Å². The first-order valence-electron chi connectivity index (χ1n) is 6.25. The third kappa shape index (κ3) is 5.21. The van der Waals surface area contributed by atoms with Crippen LogP contribution in [0.15, 0.2) is 12.3 Å². The van der Waals surface area contributed by atoms with Gasteiger partial charge in [-0.15, -0.1) is 0 Å². The summed E-state index contributed by atoms with van der Waals surface area (Å²) in [6.45, 7) is 6.35. The summed E-state index contributed by atoms with van der Waals surface area (Å²) in [4.78, 5) is 11.9. The van der Waals surface area contributed by atoms with Crippen LogP contribution in [-0.4, -0.2) is 26.7 Å². The molecule has 0 N–H and O–H groups in total. The van der Waals surface area contributed by atoms with E-state index in [9.17, 15) is 4.79 Å². The fraction of sp³-hybridized carbons (Fsp3) is 0.692. The number of carbonyl (C=O) groups excluding carboxylic acids is 1. The molecular formula is C13H21BrN2O2. The summed E-state index contributed by atoms with van der Waals surface area (Å²) in [6, 6.07) is 1.71. The second-order valence-corrected chi connectivity index (χ2v) is 5.98. The Morgan fingerprint density at radius 2 is 2.11 bits per heavy atom. The molecule has 0 aliphatic carbocycles. The number of esters is 1. The quantitative estimate of drug-likeness (QED) is 0.459. The number of alkyl halides is 1. The third-order valence-electron chi connectivity index (χ3n) is 2.33. The molecule has 18 heavy (non-hydrogen) atoms. The Morgan fingerprint density at radius 1 is 1.39 bits per heavy atom. The van der Waals surface area contributed by atoms with E-state index in [0.29, 0.717) is 5.69 Å². The van der Waals surface area contributed by atoms with Crippen LogP contribution in [0.25, 0.3) is 0 Å². The number of nitrogens with zero attached hydrogens (tertiary/aromatic N) is 2. The molecule has 1 heterocycles. The molecule has 0 aliphatic heterocycles. The standard InChI is InChI=1S/C13H21BrN2O2/c1-13(2,3)18-12(17)11-7-9-15-16(11)10-6-4-5-8-14/h7,9H,4-6,8,10H2,1-3H3. The van der Waals surface area contributed by atoms with Gasteiger partial charge < -0.3 is 4.74 Å². The van der Waals surface area contributed by atoms with E-state index in [1.165, 1.54) is 0 Å². The minimum Gasteiger partial charge on any atom is -0.455 e. The zero-order valence-corrected chi connectivity index (χ0v) is 12.9. The van der Waals surface area contributed by atoms with Crippen molar-refractivity contribution in [2.45, 2.75) is 52.2 Å². The Bertz CT molecular complexity index is 383. The van der Waals surface area contributed by atoms with Gasteiger partial charge in [0.05, 0.1) is 0 Å². The summed E-state index contributed by atoms with van der Waals surface area (Å²) < 4.78 is 7.07. The maximum absolute atomic E-state index is 11.9. The van der Waals surface area contributed by atoms with Crippen molar-refractivity contribution < 1.29 is 9.53 Å². The zero-order valence-electron chi connectivity index (χ0n) is 11.3. The maximum Gasteiger partial charge on any atom is 0.357 e. The molecule has 0 atom stereocenters. The van der Waals surface area contributed by atoms with Gasteiger partial charge in [-0.3, -0.25) is 4.68 Å². The van der Waals surface area contributed by atoms with Crippen LogP contribution in [0.2, 0.25) is 0 Å². The number of aryl methyl sites for hydroxylation is 1. The number of carbonyl (C=O) groups is 1. The SMILES string of the molecule is CC(C)(C)OC(=O)c1ccnn1CCCCCBr. The van der Waals surface area contributed by atoms with E-state index >= 15 is 0 Å². The van der Waals surface area contributed by atoms with Crippen LogP contribution in [0.3, 0.4) is 0 Å². The van der Waals surface area contributed by atoms with E-state index in [-0.39, 0.29) is 5.97 Å². The van der Waals surface area contributed by atoms with E-state index in [0.717, 1.165) is 31.1 Å². The molecule has 0 bridgehead atoms. The number of hydrogen-bond donors (Lipinski definition) is 0. The molecule has 1 aromatic rings. The third-order valence-corrected chi connectivity index (χ3v) is 2.89. The predicted molar refractivity (Wildman–Crippen MR) is 75.0 cm³/mol. The first-order chi connectivity index (χ1) is 8.44. The molecule has 0 saturated heterocycles. The van der Waals surface area contributed by atoms with Gasteiger partial charge in [0.1, 0.15) is 11.3 Å². The Morgan fingerprint density at radius 3 is 2.72 bits per heavy atom. The number of ether oxygens (including phenoxy) is 1. The van der Waals surface area contributed by atoms with Gasteiger partial charge >= 0.3 is 5.97 Å². The average Bonchev–Trinajstić information content (AvgIpc) is 2.70. The molecule has 0 radical (unpaired) electrons. The lowest BCUT2D eigenvalue weighted by molar-refractivity contribution is 0.00558. The smallest absolute Gasteiger partial charge is 0.357 e. The van der Waals surface area contributed by atoms with E-state index in [1.807, 2.05) is 20.8 Å². The molecule has 0 spiro atoms. The number of unbranched alkanes of at least 4 members (excludes halogenated alkanes) is 2. The van der Waals surface area contributed by atoms with Crippen molar-refractivity contribution in [3.8, 4) is 0 Å². The summed E-state index contributed by atoms with van der Waals surface area (Å²) in [5.41, 5.74) is 0.0612. The number of halogens is 1. The Labute approximate surface area is 117 Å². The Hall–Kier alpha value is -0.840. The molecule has 102 valence electrons. The van der Waals surface area contributed by atoms with Gasteiger partial charge in [-0.05, 0) is 39.7 Å². The lowest BCUT2D eigenvalue weighted by Crippen LogP contribution is -2.25. The molecule has 0 amide bonds. The van der Waals surface area contributed by atoms with Gasteiger partial charge in [-0.1, -0.05) is 22.4 Å². The highest BCUT2D eigenvalue weighted by molar-refractivity contribution is 9.09. The van der Waals surface area contributed by atoms with Crippen LogP contribution in [0, 0.1) is 0 Å². The van der Waals surface area contributed by atoms with E-state index in [4.69, 9.17) is 4.74 Å². The summed E-state index contributed by atoms with van der Waals surface area (Å²) in [5, 5.41) is 5.19. The molecule has 4 nitrogen and oxygen atoms in total. The first kappa shape index (κ1) is 15.2. The van der Waals surface area contributed by atoms with Crippen molar-refractivity contribution in [2.24, 2.45) is 0 Å². The van der Waals surface area contributed by atoms with Gasteiger partial charge in [0.25, 0.3) is 0 Å². The topological polar surface area (TPSA) is 44.1 Å². The van der Waals surface area contributed by atoms with Crippen LogP contribution in [-0.2, 0) is 11.3 Å². The molecule has 0 unspecified atom stereocenters.